The lowest BCUT2D eigenvalue weighted by atomic mass is 9.91. The van der Waals surface area contributed by atoms with Gasteiger partial charge in [0.05, 0.1) is 18.2 Å². The molecule has 0 saturated heterocycles. The summed E-state index contributed by atoms with van der Waals surface area (Å²) in [6, 6.07) is 8.55. The van der Waals surface area contributed by atoms with E-state index in [9.17, 15) is 0 Å². The van der Waals surface area contributed by atoms with Gasteiger partial charge >= 0.3 is 0 Å². The first kappa shape index (κ1) is 18.0. The molecule has 0 radical (unpaired) electrons. The van der Waals surface area contributed by atoms with Gasteiger partial charge in [-0.2, -0.15) is 0 Å². The van der Waals surface area contributed by atoms with E-state index >= 15 is 0 Å². The summed E-state index contributed by atoms with van der Waals surface area (Å²) in [5, 5.41) is 3.61. The Hall–Kier alpha value is -1.06. The molecule has 0 heterocycles. The fraction of sp³-hybridized carbons (Fsp3) is 0.667. The van der Waals surface area contributed by atoms with Gasteiger partial charge in [-0.3, -0.25) is 0 Å². The van der Waals surface area contributed by atoms with Gasteiger partial charge in [0, 0.05) is 6.61 Å². The number of nitrogens with one attached hydrogen (secondary N) is 1. The van der Waals surface area contributed by atoms with Crippen molar-refractivity contribution in [3.63, 3.8) is 0 Å². The van der Waals surface area contributed by atoms with Gasteiger partial charge in [-0.05, 0) is 57.9 Å². The van der Waals surface area contributed by atoms with Gasteiger partial charge < -0.3 is 14.8 Å². The lowest BCUT2D eigenvalue weighted by Crippen LogP contribution is -2.41. The van der Waals surface area contributed by atoms with E-state index in [-0.39, 0.29) is 11.6 Å². The molecule has 0 saturated carbocycles. The number of hydrogen-bond donors (Lipinski definition) is 1. The monoisotopic (exact) mass is 293 g/mol. The van der Waals surface area contributed by atoms with Crippen LogP contribution in [-0.2, 0) is 4.74 Å². The second-order valence-electron chi connectivity index (χ2n) is 5.84. The van der Waals surface area contributed by atoms with Crippen LogP contribution in [0.4, 0.5) is 0 Å². The highest BCUT2D eigenvalue weighted by atomic mass is 16.5. The van der Waals surface area contributed by atoms with Crippen molar-refractivity contribution in [1.29, 1.82) is 0 Å². The third-order valence-corrected chi connectivity index (χ3v) is 3.50. The first-order valence-electron chi connectivity index (χ1n) is 8.15. The van der Waals surface area contributed by atoms with Crippen molar-refractivity contribution >= 4 is 0 Å². The third-order valence-electron chi connectivity index (χ3n) is 3.50. The summed E-state index contributed by atoms with van der Waals surface area (Å²) in [7, 11) is 0. The summed E-state index contributed by atoms with van der Waals surface area (Å²) in [5.74, 6) is 0.934. The highest BCUT2D eigenvalue weighted by molar-refractivity contribution is 5.30. The number of ether oxygens (including phenoxy) is 2. The zero-order valence-corrected chi connectivity index (χ0v) is 14.2. The van der Waals surface area contributed by atoms with Crippen LogP contribution in [0.5, 0.6) is 5.75 Å². The van der Waals surface area contributed by atoms with E-state index in [4.69, 9.17) is 9.47 Å². The summed E-state index contributed by atoms with van der Waals surface area (Å²) < 4.78 is 11.6. The van der Waals surface area contributed by atoms with Crippen LogP contribution < -0.4 is 10.1 Å². The van der Waals surface area contributed by atoms with Gasteiger partial charge in [0.2, 0.25) is 0 Å². The van der Waals surface area contributed by atoms with Gasteiger partial charge in [-0.15, -0.1) is 0 Å². The molecular formula is C18H31NO2. The number of hydrogen-bond acceptors (Lipinski definition) is 3. The second-order valence-corrected chi connectivity index (χ2v) is 5.84. The fourth-order valence-electron chi connectivity index (χ4n) is 2.49. The lowest BCUT2D eigenvalue weighted by Gasteiger charge is -2.35. The molecule has 0 bridgehead atoms. The normalized spacial score (nSPS) is 13.2. The van der Waals surface area contributed by atoms with Gasteiger partial charge in [0.15, 0.2) is 0 Å². The molecule has 1 N–H and O–H groups in total. The standard InChI is InChI=1S/C18H31NO2/c1-6-13-19-17(18(4,5)21-8-3)15-9-11-16(12-10-15)20-14-7-2/h9-12,17,19H,6-8,13-14H2,1-5H3. The minimum atomic E-state index is -0.240. The molecule has 0 aromatic heterocycles. The van der Waals surface area contributed by atoms with Crippen molar-refractivity contribution in [3.05, 3.63) is 29.8 Å². The molecule has 1 aromatic carbocycles. The Labute approximate surface area is 130 Å². The van der Waals surface area contributed by atoms with Crippen LogP contribution in [0, 0.1) is 0 Å². The Kier molecular flexibility index (Phi) is 7.76. The molecule has 0 spiro atoms. The maximum absolute atomic E-state index is 5.94. The van der Waals surface area contributed by atoms with Gasteiger partial charge in [-0.25, -0.2) is 0 Å². The molecule has 3 heteroatoms. The van der Waals surface area contributed by atoms with Crippen LogP contribution in [0.2, 0.25) is 0 Å². The maximum Gasteiger partial charge on any atom is 0.119 e. The van der Waals surface area contributed by atoms with Crippen LogP contribution in [0.25, 0.3) is 0 Å². The van der Waals surface area contributed by atoms with Crippen LogP contribution >= 0.6 is 0 Å². The predicted octanol–water partition coefficient (Wildman–Crippen LogP) is 4.33. The Balaban J connectivity index is 2.87. The Bertz CT molecular complexity index is 387. The van der Waals surface area contributed by atoms with Crippen LogP contribution in [0.1, 0.15) is 59.1 Å². The zero-order chi connectivity index (χ0) is 15.7. The van der Waals surface area contributed by atoms with Crippen molar-refractivity contribution in [2.75, 3.05) is 19.8 Å². The van der Waals surface area contributed by atoms with E-state index in [1.165, 1.54) is 5.56 Å². The van der Waals surface area contributed by atoms with Crippen molar-refractivity contribution in [2.45, 2.75) is 59.1 Å². The molecule has 1 atom stereocenters. The minimum absolute atomic E-state index is 0.178. The Morgan fingerprint density at radius 1 is 1.05 bits per heavy atom. The van der Waals surface area contributed by atoms with E-state index in [2.05, 4.69) is 45.1 Å². The molecule has 3 nitrogen and oxygen atoms in total. The van der Waals surface area contributed by atoms with Crippen LogP contribution in [0.3, 0.4) is 0 Å². The van der Waals surface area contributed by atoms with Crippen molar-refractivity contribution in [3.8, 4) is 5.75 Å². The minimum Gasteiger partial charge on any atom is -0.494 e. The highest BCUT2D eigenvalue weighted by Crippen LogP contribution is 2.30. The van der Waals surface area contributed by atoms with Crippen LogP contribution in [0.15, 0.2) is 24.3 Å². The summed E-state index contributed by atoms with van der Waals surface area (Å²) in [6.07, 6.45) is 2.14. The van der Waals surface area contributed by atoms with E-state index in [0.29, 0.717) is 0 Å². The molecule has 0 aliphatic heterocycles. The van der Waals surface area contributed by atoms with Crippen molar-refractivity contribution in [2.24, 2.45) is 0 Å². The molecule has 0 aliphatic carbocycles. The SMILES string of the molecule is CCCNC(c1ccc(OCCC)cc1)C(C)(C)OCC. The van der Waals surface area contributed by atoms with E-state index in [0.717, 1.165) is 38.3 Å². The average Bonchev–Trinajstić information content (AvgIpc) is 2.46. The summed E-state index contributed by atoms with van der Waals surface area (Å²) >= 11 is 0. The molecule has 21 heavy (non-hydrogen) atoms. The largest absolute Gasteiger partial charge is 0.494 e. The van der Waals surface area contributed by atoms with E-state index in [1.54, 1.807) is 0 Å². The molecular weight excluding hydrogens is 262 g/mol. The van der Waals surface area contributed by atoms with E-state index in [1.807, 2.05) is 19.1 Å². The second kappa shape index (κ2) is 9.06. The van der Waals surface area contributed by atoms with Gasteiger partial charge in [0.1, 0.15) is 5.75 Å². The quantitative estimate of drug-likeness (QED) is 0.696. The Morgan fingerprint density at radius 2 is 1.71 bits per heavy atom. The maximum atomic E-state index is 5.94. The third kappa shape index (κ3) is 5.68. The smallest absolute Gasteiger partial charge is 0.119 e. The van der Waals surface area contributed by atoms with E-state index < -0.39 is 0 Å². The first-order valence-corrected chi connectivity index (χ1v) is 8.15. The number of rotatable bonds is 10. The van der Waals surface area contributed by atoms with Crippen molar-refractivity contribution in [1.82, 2.24) is 5.32 Å². The number of benzene rings is 1. The lowest BCUT2D eigenvalue weighted by molar-refractivity contribution is -0.0391. The van der Waals surface area contributed by atoms with Crippen LogP contribution in [-0.4, -0.2) is 25.4 Å². The first-order chi connectivity index (χ1) is 10.0. The zero-order valence-electron chi connectivity index (χ0n) is 14.2. The Morgan fingerprint density at radius 3 is 2.24 bits per heavy atom. The summed E-state index contributed by atoms with van der Waals surface area (Å²) in [5.41, 5.74) is 1.00. The molecule has 0 fully saturated rings. The molecule has 120 valence electrons. The molecule has 1 aromatic rings. The highest BCUT2D eigenvalue weighted by Gasteiger charge is 2.30. The van der Waals surface area contributed by atoms with Gasteiger partial charge in [0.25, 0.3) is 0 Å². The topological polar surface area (TPSA) is 30.5 Å². The molecule has 1 unspecified atom stereocenters. The average molecular weight is 293 g/mol. The molecule has 0 aliphatic rings. The van der Waals surface area contributed by atoms with Gasteiger partial charge in [-0.1, -0.05) is 26.0 Å². The van der Waals surface area contributed by atoms with Crippen molar-refractivity contribution < 1.29 is 9.47 Å². The molecule has 0 amide bonds. The predicted molar refractivity (Wildman–Crippen MR) is 89.0 cm³/mol. The summed E-state index contributed by atoms with van der Waals surface area (Å²) in [6.45, 7) is 13.1. The fourth-order valence-corrected chi connectivity index (χ4v) is 2.49. The summed E-state index contributed by atoms with van der Waals surface area (Å²) in [4.78, 5) is 0. The molecule has 1 rings (SSSR count).